The number of carbonyl (C=O) groups is 2. The summed E-state index contributed by atoms with van der Waals surface area (Å²) in [4.78, 5) is 43.7. The number of carbonyl (C=O) groups excluding carboxylic acids is 2. The first-order valence-electron chi connectivity index (χ1n) is 16.7. The number of hydrogen-bond donors (Lipinski definition) is 0. The van der Waals surface area contributed by atoms with Crippen LogP contribution in [0.2, 0.25) is 0 Å². The summed E-state index contributed by atoms with van der Waals surface area (Å²) in [5.74, 6) is 0.810. The van der Waals surface area contributed by atoms with Crippen molar-refractivity contribution in [2.45, 2.75) is 40.3 Å². The predicted molar refractivity (Wildman–Crippen MR) is 197 cm³/mol. The Balaban J connectivity index is 1.13. The third kappa shape index (κ3) is 8.70. The Kier molecular flexibility index (Phi) is 11.6. The fraction of sp³-hybridized carbons (Fsp3) is 0.143. The highest BCUT2D eigenvalue weighted by Crippen LogP contribution is 2.32. The Labute approximate surface area is 311 Å². The van der Waals surface area contributed by atoms with E-state index in [-0.39, 0.29) is 61.1 Å². The molecule has 0 N–H and O–H groups in total. The van der Waals surface area contributed by atoms with Gasteiger partial charge >= 0.3 is 0 Å². The van der Waals surface area contributed by atoms with Crippen molar-refractivity contribution in [2.24, 2.45) is 0 Å². The monoisotopic (exact) mass is 716 g/mol. The number of ether oxygens (including phenoxy) is 4. The average Bonchev–Trinajstić information content (AvgIpc) is 3.21. The lowest BCUT2D eigenvalue weighted by Gasteiger charge is -2.17. The van der Waals surface area contributed by atoms with Crippen molar-refractivity contribution >= 4 is 18.3 Å². The third-order valence-corrected chi connectivity index (χ3v) is 8.50. The molecule has 2 aromatic carbocycles. The Morgan fingerprint density at radius 1 is 0.667 bits per heavy atom. The van der Waals surface area contributed by atoms with E-state index in [9.17, 15) is 9.59 Å². The van der Waals surface area contributed by atoms with Crippen LogP contribution >= 0.6 is 0 Å². The molecule has 54 heavy (non-hydrogen) atoms. The second-order valence-corrected chi connectivity index (χ2v) is 12.0. The van der Waals surface area contributed by atoms with Crippen molar-refractivity contribution < 1.29 is 28.5 Å². The van der Waals surface area contributed by atoms with E-state index in [2.05, 4.69) is 36.9 Å². The molecule has 6 aromatic rings. The summed E-state index contributed by atoms with van der Waals surface area (Å²) in [6.07, 6.45) is 7.43. The molecule has 6 rings (SSSR count). The van der Waals surface area contributed by atoms with Crippen molar-refractivity contribution in [3.63, 3.8) is 0 Å². The van der Waals surface area contributed by atoms with E-state index in [0.717, 1.165) is 33.4 Å². The fourth-order valence-electron chi connectivity index (χ4n) is 5.55. The molecule has 4 aromatic heterocycles. The molecule has 0 amide bonds. The molecule has 0 unspecified atom stereocenters. The minimum atomic E-state index is 0.0715. The fourth-order valence-corrected chi connectivity index (χ4v) is 5.55. The van der Waals surface area contributed by atoms with Gasteiger partial charge in [0.05, 0.1) is 23.3 Å². The standard InChI is InChI=1S/C42H32N6O6/c1-27-34(25-51-39-12-10-32(21-49)41(47-39)53-23-30-14-29(16-43)17-45-18-30)6-4-8-37(27)38-9-5-7-35(28(38)2)26-52-40-13-11-33(22-50)42(48-40)54-24-31-15-36(44-3)20-46-19-31/h4-15,17-22H,23-26H2,1-2H3. The average molecular weight is 717 g/mol. The van der Waals surface area contributed by atoms with Gasteiger partial charge in [-0.15, -0.1) is 0 Å². The van der Waals surface area contributed by atoms with Crippen LogP contribution in [0.1, 0.15) is 59.7 Å². The van der Waals surface area contributed by atoms with Gasteiger partial charge < -0.3 is 18.9 Å². The van der Waals surface area contributed by atoms with Gasteiger partial charge in [-0.25, -0.2) is 4.85 Å². The molecular weight excluding hydrogens is 684 g/mol. The second-order valence-electron chi connectivity index (χ2n) is 12.0. The summed E-state index contributed by atoms with van der Waals surface area (Å²) < 4.78 is 23.8. The van der Waals surface area contributed by atoms with E-state index in [1.807, 2.05) is 44.2 Å². The van der Waals surface area contributed by atoms with Crippen molar-refractivity contribution in [3.8, 4) is 40.7 Å². The lowest BCUT2D eigenvalue weighted by atomic mass is 9.92. The van der Waals surface area contributed by atoms with Crippen molar-refractivity contribution in [1.82, 2.24) is 19.9 Å². The topological polar surface area (TPSA) is 151 Å². The van der Waals surface area contributed by atoms with E-state index in [4.69, 9.17) is 30.8 Å². The number of nitriles is 1. The molecule has 0 saturated heterocycles. The highest BCUT2D eigenvalue weighted by Gasteiger charge is 2.15. The van der Waals surface area contributed by atoms with Gasteiger partial charge in [0.1, 0.15) is 32.5 Å². The van der Waals surface area contributed by atoms with Crippen LogP contribution in [0, 0.1) is 31.8 Å². The first kappa shape index (κ1) is 36.4. The van der Waals surface area contributed by atoms with Crippen molar-refractivity contribution in [1.29, 1.82) is 5.26 Å². The number of aldehydes is 2. The van der Waals surface area contributed by atoms with Crippen LogP contribution in [0.15, 0.2) is 97.6 Å². The molecular formula is C42H32N6O6. The van der Waals surface area contributed by atoms with Gasteiger partial charge in [0, 0.05) is 42.5 Å². The quantitative estimate of drug-likeness (QED) is 0.0753. The zero-order valence-electron chi connectivity index (χ0n) is 29.4. The van der Waals surface area contributed by atoms with Gasteiger partial charge in [0.25, 0.3) is 0 Å². The largest absolute Gasteiger partial charge is 0.473 e. The molecule has 0 fully saturated rings. The summed E-state index contributed by atoms with van der Waals surface area (Å²) in [7, 11) is 0. The zero-order chi connectivity index (χ0) is 37.9. The highest BCUT2D eigenvalue weighted by molar-refractivity contribution is 5.79. The number of hydrogen-bond acceptors (Lipinski definition) is 11. The molecule has 0 bridgehead atoms. The van der Waals surface area contributed by atoms with E-state index in [0.29, 0.717) is 35.0 Å². The maximum Gasteiger partial charge on any atom is 0.227 e. The summed E-state index contributed by atoms with van der Waals surface area (Å²) in [5.41, 5.74) is 8.66. The molecule has 12 nitrogen and oxygen atoms in total. The lowest BCUT2D eigenvalue weighted by molar-refractivity contribution is 0.111. The third-order valence-electron chi connectivity index (χ3n) is 8.50. The Hall–Kier alpha value is -7.44. The van der Waals surface area contributed by atoms with E-state index < -0.39 is 0 Å². The first-order valence-corrected chi connectivity index (χ1v) is 16.7. The summed E-state index contributed by atoms with van der Waals surface area (Å²) in [5, 5.41) is 9.15. The van der Waals surface area contributed by atoms with Crippen LogP contribution in [0.3, 0.4) is 0 Å². The van der Waals surface area contributed by atoms with Gasteiger partial charge in [-0.1, -0.05) is 36.4 Å². The van der Waals surface area contributed by atoms with Gasteiger partial charge in [-0.05, 0) is 77.1 Å². The Bertz CT molecular complexity index is 2250. The van der Waals surface area contributed by atoms with Crippen LogP contribution in [0.25, 0.3) is 16.0 Å². The SMILES string of the molecule is [C-]#[N+]c1cncc(COc2nc(OCc3cccc(-c4cccc(COc5ccc(C=O)c(OCc6cncc(C#N)c6)n5)c4C)c3C)ccc2C=O)c1. The Morgan fingerprint density at radius 2 is 1.19 bits per heavy atom. The maximum absolute atomic E-state index is 11.7. The van der Waals surface area contributed by atoms with Crippen LogP contribution in [0.5, 0.6) is 23.5 Å². The number of benzene rings is 2. The molecule has 0 radical (unpaired) electrons. The smallest absolute Gasteiger partial charge is 0.227 e. The minimum Gasteiger partial charge on any atom is -0.473 e. The summed E-state index contributed by atoms with van der Waals surface area (Å²) in [6.45, 7) is 11.8. The summed E-state index contributed by atoms with van der Waals surface area (Å²) in [6, 6.07) is 23.8. The number of nitrogens with zero attached hydrogens (tertiary/aromatic N) is 6. The van der Waals surface area contributed by atoms with Crippen LogP contribution in [-0.2, 0) is 26.4 Å². The molecule has 0 saturated carbocycles. The lowest BCUT2D eigenvalue weighted by Crippen LogP contribution is -2.05. The number of rotatable bonds is 15. The summed E-state index contributed by atoms with van der Waals surface area (Å²) >= 11 is 0. The molecule has 0 aliphatic rings. The zero-order valence-corrected chi connectivity index (χ0v) is 29.4. The molecule has 266 valence electrons. The highest BCUT2D eigenvalue weighted by atomic mass is 16.5. The van der Waals surface area contributed by atoms with Crippen LogP contribution < -0.4 is 18.9 Å². The van der Waals surface area contributed by atoms with Crippen LogP contribution in [0.4, 0.5) is 5.69 Å². The van der Waals surface area contributed by atoms with Crippen molar-refractivity contribution in [2.75, 3.05) is 0 Å². The molecule has 4 heterocycles. The van der Waals surface area contributed by atoms with Gasteiger partial charge in [0.2, 0.25) is 29.2 Å². The van der Waals surface area contributed by atoms with Gasteiger partial charge in [0.15, 0.2) is 12.6 Å². The second kappa shape index (κ2) is 17.2. The first-order chi connectivity index (χ1) is 26.4. The maximum atomic E-state index is 11.7. The normalized spacial score (nSPS) is 10.4. The number of pyridine rings is 4. The number of aromatic nitrogens is 4. The van der Waals surface area contributed by atoms with Gasteiger partial charge in [-0.2, -0.15) is 15.2 Å². The molecule has 0 aliphatic heterocycles. The Morgan fingerprint density at radius 3 is 1.69 bits per heavy atom. The van der Waals surface area contributed by atoms with Gasteiger partial charge in [-0.3, -0.25) is 19.6 Å². The van der Waals surface area contributed by atoms with E-state index in [1.54, 1.807) is 48.8 Å². The van der Waals surface area contributed by atoms with Crippen molar-refractivity contribution in [3.05, 3.63) is 159 Å². The van der Waals surface area contributed by atoms with E-state index in [1.165, 1.54) is 12.4 Å². The molecule has 0 atom stereocenters. The minimum absolute atomic E-state index is 0.0715. The molecule has 0 aliphatic carbocycles. The van der Waals surface area contributed by atoms with Crippen LogP contribution in [-0.4, -0.2) is 32.5 Å². The molecule has 12 heteroatoms. The molecule has 0 spiro atoms. The predicted octanol–water partition coefficient (Wildman–Crippen LogP) is 7.91. The van der Waals surface area contributed by atoms with E-state index >= 15 is 0 Å².